The number of aldehydes is 1. The molecule has 1 aliphatic heterocycles. The zero-order chi connectivity index (χ0) is 14.8. The number of H-pyrrole nitrogens is 1. The number of aromatic amines is 1. The Bertz CT molecular complexity index is 838. The maximum Gasteiger partial charge on any atom is 0.275 e. The van der Waals surface area contributed by atoms with Crippen molar-refractivity contribution < 1.29 is 4.79 Å². The third kappa shape index (κ3) is 2.61. The summed E-state index contributed by atoms with van der Waals surface area (Å²) in [5, 5.41) is 0.537. The Balaban J connectivity index is 2.22. The molecule has 0 amide bonds. The molecular formula is C17H18N2O2. The van der Waals surface area contributed by atoms with Crippen LogP contribution in [0.5, 0.6) is 0 Å². The number of nitrogens with one attached hydrogen (secondary N) is 1. The number of nitrogens with zero attached hydrogens (tertiary/aromatic N) is 1. The quantitative estimate of drug-likeness (QED) is 0.830. The van der Waals surface area contributed by atoms with Crippen molar-refractivity contribution >= 4 is 17.9 Å². The van der Waals surface area contributed by atoms with E-state index in [1.807, 2.05) is 37.3 Å². The summed E-state index contributed by atoms with van der Waals surface area (Å²) in [6, 6.07) is 7.99. The highest BCUT2D eigenvalue weighted by Gasteiger charge is 2.11. The fraction of sp³-hybridized carbons (Fsp3) is 0.294. The van der Waals surface area contributed by atoms with E-state index in [2.05, 4.69) is 4.98 Å². The van der Waals surface area contributed by atoms with Gasteiger partial charge >= 0.3 is 0 Å². The van der Waals surface area contributed by atoms with Crippen molar-refractivity contribution in [1.29, 1.82) is 0 Å². The number of fused-ring (bicyclic) bond motifs is 1. The molecule has 0 saturated heterocycles. The van der Waals surface area contributed by atoms with Gasteiger partial charge in [0.2, 0.25) is 0 Å². The normalized spacial score (nSPS) is 15.7. The number of rotatable bonds is 2. The number of hydrogen-bond acceptors (Lipinski definition) is 2. The Morgan fingerprint density at radius 1 is 1.19 bits per heavy atom. The Labute approximate surface area is 122 Å². The Hall–Kier alpha value is -2.36. The Morgan fingerprint density at radius 3 is 2.67 bits per heavy atom. The van der Waals surface area contributed by atoms with Crippen molar-refractivity contribution in [3.63, 3.8) is 0 Å². The van der Waals surface area contributed by atoms with E-state index in [1.165, 1.54) is 5.56 Å². The highest BCUT2D eigenvalue weighted by Crippen LogP contribution is 2.07. The van der Waals surface area contributed by atoms with Crippen molar-refractivity contribution in [3.05, 3.63) is 56.6 Å². The summed E-state index contributed by atoms with van der Waals surface area (Å²) < 4.78 is 1.69. The molecule has 4 heteroatoms. The number of aromatic nitrogens is 2. The lowest BCUT2D eigenvalue weighted by Gasteiger charge is -1.95. The summed E-state index contributed by atoms with van der Waals surface area (Å²) in [4.78, 5) is 26.8. The molecule has 4 nitrogen and oxygen atoms in total. The minimum atomic E-state index is -0.0492. The number of carbonyl (C=O) groups excluding carboxylic acids is 1. The summed E-state index contributed by atoms with van der Waals surface area (Å²) in [6.45, 7) is 2.70. The number of aryl methyl sites for hydroxylation is 1. The third-order valence-corrected chi connectivity index (χ3v) is 3.91. The van der Waals surface area contributed by atoms with Crippen LogP contribution in [0.25, 0.3) is 11.6 Å². The second-order valence-electron chi connectivity index (χ2n) is 5.50. The molecule has 1 N–H and O–H groups in total. The zero-order valence-electron chi connectivity index (χ0n) is 12.1. The van der Waals surface area contributed by atoms with Crippen molar-refractivity contribution in [3.8, 4) is 0 Å². The summed E-state index contributed by atoms with van der Waals surface area (Å²) in [5.41, 5.74) is 3.47. The average Bonchev–Trinajstić information content (AvgIpc) is 2.68. The van der Waals surface area contributed by atoms with Gasteiger partial charge < -0.3 is 4.98 Å². The van der Waals surface area contributed by atoms with Crippen LogP contribution >= 0.6 is 0 Å². The molecule has 0 unspecified atom stereocenters. The van der Waals surface area contributed by atoms with Gasteiger partial charge in [0.05, 0.1) is 0 Å². The van der Waals surface area contributed by atoms with Gasteiger partial charge in [0, 0.05) is 12.1 Å². The van der Waals surface area contributed by atoms with Crippen LogP contribution in [-0.2, 0) is 11.3 Å². The molecule has 2 aromatic rings. The number of benzene rings is 1. The van der Waals surface area contributed by atoms with Crippen LogP contribution < -0.4 is 16.4 Å². The van der Waals surface area contributed by atoms with Gasteiger partial charge in [-0.25, -0.2) is 0 Å². The van der Waals surface area contributed by atoms with Gasteiger partial charge in [-0.15, -0.1) is 0 Å². The van der Waals surface area contributed by atoms with Crippen LogP contribution in [0.1, 0.15) is 30.4 Å². The van der Waals surface area contributed by atoms with Gasteiger partial charge in [0.1, 0.15) is 17.1 Å². The van der Waals surface area contributed by atoms with Gasteiger partial charge in [-0.1, -0.05) is 29.8 Å². The molecule has 0 radical (unpaired) electrons. The minimum absolute atomic E-state index is 0.0492. The van der Waals surface area contributed by atoms with E-state index in [9.17, 15) is 9.59 Å². The van der Waals surface area contributed by atoms with Crippen molar-refractivity contribution in [1.82, 2.24) is 9.55 Å². The van der Waals surface area contributed by atoms with Gasteiger partial charge in [-0.3, -0.25) is 14.2 Å². The van der Waals surface area contributed by atoms with E-state index in [4.69, 9.17) is 0 Å². The molecule has 1 aromatic heterocycles. The smallest absolute Gasteiger partial charge is 0.275 e. The first-order chi connectivity index (χ1) is 10.2. The van der Waals surface area contributed by atoms with Crippen molar-refractivity contribution in [2.45, 2.75) is 32.7 Å². The fourth-order valence-corrected chi connectivity index (χ4v) is 2.71. The molecule has 21 heavy (non-hydrogen) atoms. The van der Waals surface area contributed by atoms with Crippen LogP contribution in [0, 0.1) is 6.92 Å². The fourth-order valence-electron chi connectivity index (χ4n) is 2.71. The van der Waals surface area contributed by atoms with Crippen LogP contribution in [0.4, 0.5) is 0 Å². The summed E-state index contributed by atoms with van der Waals surface area (Å²) in [5.74, 6) is 0. The van der Waals surface area contributed by atoms with E-state index in [-0.39, 0.29) is 5.56 Å². The molecular weight excluding hydrogens is 264 g/mol. The molecule has 0 bridgehead atoms. The molecule has 108 valence electrons. The van der Waals surface area contributed by atoms with E-state index in [0.29, 0.717) is 22.9 Å². The molecule has 1 aromatic carbocycles. The van der Waals surface area contributed by atoms with Gasteiger partial charge in [-0.05, 0) is 37.8 Å². The number of carbonyl (C=O) groups is 1. The van der Waals surface area contributed by atoms with E-state index in [0.717, 1.165) is 31.1 Å². The third-order valence-electron chi connectivity index (χ3n) is 3.91. The molecule has 3 rings (SSSR count). The van der Waals surface area contributed by atoms with Crippen LogP contribution in [0.2, 0.25) is 0 Å². The topological polar surface area (TPSA) is 54.9 Å². The highest BCUT2D eigenvalue weighted by atomic mass is 16.1. The summed E-state index contributed by atoms with van der Waals surface area (Å²) >= 11 is 0. The van der Waals surface area contributed by atoms with Crippen LogP contribution in [0.15, 0.2) is 29.1 Å². The Morgan fingerprint density at radius 2 is 1.95 bits per heavy atom. The standard InChI is InChI=1S/C17H18N2O2/c1-12-5-7-13(8-6-12)10-15-17(21)19-9-3-2-4-14(11-20)16(19)18-15/h5-8,10-11,18H,2-4,9H2,1H3/b15-10-. The Kier molecular flexibility index (Phi) is 3.60. The van der Waals surface area contributed by atoms with Gasteiger partial charge in [-0.2, -0.15) is 0 Å². The molecule has 0 atom stereocenters. The number of hydrogen-bond donors (Lipinski definition) is 1. The maximum absolute atomic E-state index is 12.5. The van der Waals surface area contributed by atoms with Crippen molar-refractivity contribution in [2.75, 3.05) is 0 Å². The predicted octanol–water partition coefficient (Wildman–Crippen LogP) is 0.847. The van der Waals surface area contributed by atoms with E-state index in [1.54, 1.807) is 4.57 Å². The minimum Gasteiger partial charge on any atom is -0.337 e. The van der Waals surface area contributed by atoms with E-state index >= 15 is 0 Å². The first-order valence-electron chi connectivity index (χ1n) is 7.24. The van der Waals surface area contributed by atoms with Crippen LogP contribution in [-0.4, -0.2) is 15.8 Å². The average molecular weight is 282 g/mol. The largest absolute Gasteiger partial charge is 0.337 e. The SMILES string of the molecule is Cc1ccc(/C=c2\[nH]c3n(c2=O)CCCCC=3C=O)cc1. The second kappa shape index (κ2) is 5.56. The lowest BCUT2D eigenvalue weighted by Crippen LogP contribution is -2.31. The highest BCUT2D eigenvalue weighted by molar-refractivity contribution is 5.97. The monoisotopic (exact) mass is 282 g/mol. The van der Waals surface area contributed by atoms with Crippen molar-refractivity contribution in [2.24, 2.45) is 0 Å². The van der Waals surface area contributed by atoms with Gasteiger partial charge in [0.25, 0.3) is 5.56 Å². The molecule has 0 fully saturated rings. The van der Waals surface area contributed by atoms with E-state index < -0.39 is 0 Å². The first-order valence-corrected chi connectivity index (χ1v) is 7.24. The molecule has 0 aliphatic carbocycles. The van der Waals surface area contributed by atoms with Gasteiger partial charge in [0.15, 0.2) is 0 Å². The van der Waals surface area contributed by atoms with Crippen LogP contribution in [0.3, 0.4) is 0 Å². The lowest BCUT2D eigenvalue weighted by molar-refractivity contribution is -0.103. The maximum atomic E-state index is 12.5. The second-order valence-corrected chi connectivity index (χ2v) is 5.50. The summed E-state index contributed by atoms with van der Waals surface area (Å²) in [6.07, 6.45) is 5.30. The zero-order valence-corrected chi connectivity index (χ0v) is 12.1. The lowest BCUT2D eigenvalue weighted by atomic mass is 10.1. The summed E-state index contributed by atoms with van der Waals surface area (Å²) in [7, 11) is 0. The predicted molar refractivity (Wildman–Crippen MR) is 82.4 cm³/mol. The first kappa shape index (κ1) is 13.6. The molecule has 1 aliphatic rings. The molecule has 2 heterocycles. The number of imidazole rings is 1. The molecule has 0 spiro atoms. The molecule has 0 saturated carbocycles.